The van der Waals surface area contributed by atoms with Crippen molar-refractivity contribution in [2.24, 2.45) is 0 Å². The van der Waals surface area contributed by atoms with Crippen molar-refractivity contribution in [3.63, 3.8) is 0 Å². The van der Waals surface area contributed by atoms with Gasteiger partial charge in [-0.05, 0) is 17.1 Å². The number of aromatic nitrogens is 4. The van der Waals surface area contributed by atoms with Gasteiger partial charge in [0.1, 0.15) is 57.6 Å². The highest BCUT2D eigenvalue weighted by atomic mass is 32.1. The first-order valence-corrected chi connectivity index (χ1v) is 20.1. The van der Waals surface area contributed by atoms with Crippen LogP contribution in [0.3, 0.4) is 0 Å². The first-order chi connectivity index (χ1) is 29.8. The predicted molar refractivity (Wildman–Crippen MR) is 249 cm³/mol. The maximum Gasteiger partial charge on any atom is 0.201 e. The van der Waals surface area contributed by atoms with E-state index in [1.165, 1.54) is 12.2 Å². The van der Waals surface area contributed by atoms with E-state index in [-0.39, 0.29) is 81.0 Å². The summed E-state index contributed by atoms with van der Waals surface area (Å²) in [4.78, 5) is 14.4. The largest absolute Gasteiger partial charge is 0.508 e. The standard InChI is InChI=1S/C45H29B3N4O9S/c46-26-20-23-31(52-29(20)22(33(54)28(26)48)21-27(47)37(58)39(60)38(59)30(21)52)34(55)25-24-32(53)19(35(56)40(61)42(24)62-41(25)36(23)57)17-12-7-13-18(14-17)45-50-43(15-8-3-1-4-9-15)49-44(51-45)16-10-5-2-6-11-16/h1-14,53-61H,46-48H2. The molecule has 13 nitrogen and oxygen atoms in total. The molecule has 0 aliphatic rings. The minimum atomic E-state index is -0.822. The average Bonchev–Trinajstić information content (AvgIpc) is 3.98. The van der Waals surface area contributed by atoms with E-state index in [1.807, 2.05) is 60.7 Å². The lowest BCUT2D eigenvalue weighted by Gasteiger charge is -2.14. The summed E-state index contributed by atoms with van der Waals surface area (Å²) in [6, 6.07) is 25.5. The minimum absolute atomic E-state index is 0.0377. The summed E-state index contributed by atoms with van der Waals surface area (Å²) < 4.78 is 1.43. The number of hydrogen-bond donors (Lipinski definition) is 9. The van der Waals surface area contributed by atoms with Gasteiger partial charge in [0.2, 0.25) is 5.75 Å². The van der Waals surface area contributed by atoms with Crippen molar-refractivity contribution in [1.82, 2.24) is 19.4 Å². The summed E-state index contributed by atoms with van der Waals surface area (Å²) in [6.45, 7) is 0. The Morgan fingerprint density at radius 2 is 0.871 bits per heavy atom. The molecule has 0 radical (unpaired) electrons. The van der Waals surface area contributed by atoms with E-state index in [2.05, 4.69) is 0 Å². The van der Waals surface area contributed by atoms with E-state index in [1.54, 1.807) is 40.0 Å². The molecule has 4 heterocycles. The molecular formula is C45H29B3N4O9S. The Hall–Kier alpha value is -8.04. The van der Waals surface area contributed by atoms with Crippen LogP contribution in [0, 0.1) is 0 Å². The first-order valence-electron chi connectivity index (χ1n) is 19.3. The Kier molecular flexibility index (Phi) is 7.60. The molecule has 0 unspecified atom stereocenters. The Morgan fingerprint density at radius 1 is 0.371 bits per heavy atom. The molecule has 0 aliphatic carbocycles. The zero-order valence-corrected chi connectivity index (χ0v) is 33.6. The van der Waals surface area contributed by atoms with Crippen LogP contribution < -0.4 is 16.4 Å². The second-order valence-electron chi connectivity index (χ2n) is 15.4. The van der Waals surface area contributed by atoms with Gasteiger partial charge in [-0.2, -0.15) is 0 Å². The number of rotatable bonds is 4. The number of aromatic hydroxyl groups is 9. The number of nitrogens with zero attached hydrogens (tertiary/aromatic N) is 4. The molecule has 62 heavy (non-hydrogen) atoms. The molecule has 4 aromatic heterocycles. The highest BCUT2D eigenvalue weighted by Crippen LogP contribution is 2.60. The molecule has 9 N–H and O–H groups in total. The lowest BCUT2D eigenvalue weighted by molar-refractivity contribution is 0.373. The number of hydrogen-bond acceptors (Lipinski definition) is 13. The van der Waals surface area contributed by atoms with Crippen molar-refractivity contribution < 1.29 is 46.0 Å². The van der Waals surface area contributed by atoms with Crippen LogP contribution in [0.25, 0.3) is 104 Å². The maximum absolute atomic E-state index is 12.5. The molecular weight excluding hydrogens is 805 g/mol. The van der Waals surface area contributed by atoms with Crippen molar-refractivity contribution >= 4 is 110 Å². The fourth-order valence-corrected chi connectivity index (χ4v) is 10.2. The third kappa shape index (κ3) is 4.67. The van der Waals surface area contributed by atoms with Crippen molar-refractivity contribution in [3.05, 3.63) is 84.9 Å². The van der Waals surface area contributed by atoms with Crippen LogP contribution in [0.5, 0.6) is 51.7 Å². The number of phenolic OH excluding ortho intramolecular Hbond substituents is 9. The Balaban J connectivity index is 1.21. The van der Waals surface area contributed by atoms with Crippen LogP contribution in [0.15, 0.2) is 84.9 Å². The topological polar surface area (TPSA) is 225 Å². The molecule has 11 aromatic rings. The van der Waals surface area contributed by atoms with E-state index < -0.39 is 40.2 Å². The molecule has 11 rings (SSSR count). The fourth-order valence-electron chi connectivity index (χ4n) is 9.03. The van der Waals surface area contributed by atoms with E-state index in [0.29, 0.717) is 39.3 Å². The Bertz CT molecular complexity index is 3730. The van der Waals surface area contributed by atoms with Gasteiger partial charge in [0, 0.05) is 32.8 Å². The number of thiophene rings is 1. The second-order valence-corrected chi connectivity index (χ2v) is 16.4. The molecule has 298 valence electrons. The van der Waals surface area contributed by atoms with Crippen molar-refractivity contribution in [3.8, 4) is 97.0 Å². The summed E-state index contributed by atoms with van der Waals surface area (Å²) >= 11 is 0.836. The average molecular weight is 834 g/mol. The zero-order valence-electron chi connectivity index (χ0n) is 32.8. The quantitative estimate of drug-likeness (QED) is 0.0692. The monoisotopic (exact) mass is 834 g/mol. The number of fused-ring (bicyclic) bond motifs is 9. The lowest BCUT2D eigenvalue weighted by Crippen LogP contribution is -2.26. The molecule has 7 aromatic carbocycles. The van der Waals surface area contributed by atoms with Gasteiger partial charge in [0.15, 0.2) is 40.5 Å². The van der Waals surface area contributed by atoms with E-state index in [0.717, 1.165) is 22.5 Å². The second kappa shape index (κ2) is 12.7. The van der Waals surface area contributed by atoms with E-state index >= 15 is 0 Å². The number of benzene rings is 7. The number of phenols is 9. The molecule has 0 aliphatic heterocycles. The summed E-state index contributed by atoms with van der Waals surface area (Å²) in [5.74, 6) is -3.81. The van der Waals surface area contributed by atoms with Gasteiger partial charge in [0.25, 0.3) is 0 Å². The van der Waals surface area contributed by atoms with Crippen LogP contribution in [0.1, 0.15) is 0 Å². The molecule has 0 spiro atoms. The Labute approximate surface area is 355 Å². The van der Waals surface area contributed by atoms with Gasteiger partial charge in [-0.25, -0.2) is 15.0 Å². The first kappa shape index (κ1) is 37.0. The minimum Gasteiger partial charge on any atom is -0.508 e. The van der Waals surface area contributed by atoms with Crippen molar-refractivity contribution in [2.75, 3.05) is 0 Å². The molecule has 0 amide bonds. The molecule has 0 fully saturated rings. The van der Waals surface area contributed by atoms with Crippen LogP contribution >= 0.6 is 11.3 Å². The van der Waals surface area contributed by atoms with Crippen LogP contribution in [0.2, 0.25) is 0 Å². The van der Waals surface area contributed by atoms with E-state index in [4.69, 9.17) is 15.0 Å². The highest BCUT2D eigenvalue weighted by molar-refractivity contribution is 7.26. The van der Waals surface area contributed by atoms with Gasteiger partial charge < -0.3 is 50.4 Å². The van der Waals surface area contributed by atoms with Gasteiger partial charge in [-0.1, -0.05) is 89.8 Å². The van der Waals surface area contributed by atoms with Gasteiger partial charge >= 0.3 is 0 Å². The SMILES string of the molecule is Bc1c(B)c2c3c(O)c4sc5c(O)c(O)c(-c6cccc(-c7nc(-c8ccccc8)nc(-c8ccccc8)n7)c6)c(O)c5c4c(O)c3n3c4c(O)c(O)c(O)c(B)c4c(c1O)c23. The third-order valence-corrected chi connectivity index (χ3v) is 13.3. The highest BCUT2D eigenvalue weighted by Gasteiger charge is 2.34. The maximum atomic E-state index is 12.5. The fraction of sp³-hybridized carbons (Fsp3) is 0. The molecule has 0 saturated carbocycles. The summed E-state index contributed by atoms with van der Waals surface area (Å²) in [5.41, 5.74) is 3.37. The third-order valence-electron chi connectivity index (χ3n) is 12.1. The predicted octanol–water partition coefficient (Wildman–Crippen LogP) is 4.18. The summed E-state index contributed by atoms with van der Waals surface area (Å²) in [6.07, 6.45) is 0. The van der Waals surface area contributed by atoms with Gasteiger partial charge in [-0.3, -0.25) is 0 Å². The van der Waals surface area contributed by atoms with Crippen molar-refractivity contribution in [2.45, 2.75) is 0 Å². The molecule has 0 saturated heterocycles. The molecule has 17 heteroatoms. The van der Waals surface area contributed by atoms with Crippen LogP contribution in [-0.4, -0.2) is 88.9 Å². The summed E-state index contributed by atoms with van der Waals surface area (Å²) in [5, 5.41) is 106. The van der Waals surface area contributed by atoms with Gasteiger partial charge in [-0.15, -0.1) is 11.3 Å². The van der Waals surface area contributed by atoms with Crippen LogP contribution in [-0.2, 0) is 0 Å². The smallest absolute Gasteiger partial charge is 0.201 e. The Morgan fingerprint density at radius 3 is 1.50 bits per heavy atom. The zero-order chi connectivity index (χ0) is 43.2. The van der Waals surface area contributed by atoms with Crippen LogP contribution in [0.4, 0.5) is 0 Å². The normalized spacial score (nSPS) is 12.0. The van der Waals surface area contributed by atoms with Gasteiger partial charge in [0.05, 0.1) is 36.6 Å². The van der Waals surface area contributed by atoms with Crippen molar-refractivity contribution in [1.29, 1.82) is 0 Å². The lowest BCUT2D eigenvalue weighted by atomic mass is 9.75. The molecule has 0 bridgehead atoms. The molecule has 0 atom stereocenters. The van der Waals surface area contributed by atoms with E-state index in [9.17, 15) is 46.0 Å². The summed E-state index contributed by atoms with van der Waals surface area (Å²) in [7, 11) is 4.91.